The van der Waals surface area contributed by atoms with Crippen LogP contribution in [0.5, 0.6) is 0 Å². The van der Waals surface area contributed by atoms with Gasteiger partial charge in [0.1, 0.15) is 0 Å². The number of carbonyl (C=O) groups is 1. The third kappa shape index (κ3) is 6.29. The van der Waals surface area contributed by atoms with Crippen molar-refractivity contribution >= 4 is 5.91 Å². The van der Waals surface area contributed by atoms with Crippen LogP contribution in [-0.4, -0.2) is 56.7 Å². The van der Waals surface area contributed by atoms with E-state index in [4.69, 9.17) is 4.74 Å². The third-order valence-electron chi connectivity index (χ3n) is 4.23. The summed E-state index contributed by atoms with van der Waals surface area (Å²) in [4.78, 5) is 14.8. The van der Waals surface area contributed by atoms with Gasteiger partial charge >= 0.3 is 0 Å². The third-order valence-corrected chi connectivity index (χ3v) is 4.23. The number of amides is 1. The van der Waals surface area contributed by atoms with E-state index in [0.717, 1.165) is 39.0 Å². The Morgan fingerprint density at radius 3 is 2.83 bits per heavy atom. The largest absolute Gasteiger partial charge is 0.383 e. The highest BCUT2D eigenvalue weighted by atomic mass is 16.5. The van der Waals surface area contributed by atoms with Gasteiger partial charge in [-0.05, 0) is 24.9 Å². The lowest BCUT2D eigenvalue weighted by molar-refractivity contribution is -0.127. The van der Waals surface area contributed by atoms with Crippen molar-refractivity contribution < 1.29 is 9.53 Å². The molecule has 2 rings (SSSR count). The predicted molar refractivity (Wildman–Crippen MR) is 92.2 cm³/mol. The molecule has 0 saturated carbocycles. The molecule has 1 saturated heterocycles. The van der Waals surface area contributed by atoms with Gasteiger partial charge in [0, 0.05) is 33.3 Å². The molecule has 2 N–H and O–H groups in total. The van der Waals surface area contributed by atoms with E-state index in [1.165, 1.54) is 12.0 Å². The molecule has 23 heavy (non-hydrogen) atoms. The van der Waals surface area contributed by atoms with Crippen molar-refractivity contribution in [2.75, 3.05) is 39.9 Å². The average Bonchev–Trinajstić information content (AvgIpc) is 2.59. The van der Waals surface area contributed by atoms with Crippen molar-refractivity contribution in [3.63, 3.8) is 0 Å². The number of hydrogen-bond acceptors (Lipinski definition) is 4. The van der Waals surface area contributed by atoms with Crippen molar-refractivity contribution in [1.82, 2.24) is 15.5 Å². The molecule has 128 valence electrons. The minimum Gasteiger partial charge on any atom is -0.383 e. The minimum absolute atomic E-state index is 0.00271. The van der Waals surface area contributed by atoms with Crippen LogP contribution in [0.3, 0.4) is 0 Å². The van der Waals surface area contributed by atoms with E-state index in [0.29, 0.717) is 13.2 Å². The molecular weight excluding hydrogens is 290 g/mol. The fourth-order valence-corrected chi connectivity index (χ4v) is 2.99. The second kappa shape index (κ2) is 10.4. The summed E-state index contributed by atoms with van der Waals surface area (Å²) in [5.41, 5.74) is 1.27. The van der Waals surface area contributed by atoms with Crippen LogP contribution in [0.4, 0.5) is 0 Å². The van der Waals surface area contributed by atoms with Crippen LogP contribution in [-0.2, 0) is 16.1 Å². The molecule has 1 amide bonds. The van der Waals surface area contributed by atoms with Gasteiger partial charge in [-0.1, -0.05) is 36.8 Å². The van der Waals surface area contributed by atoms with Gasteiger partial charge in [-0.25, -0.2) is 0 Å². The zero-order chi connectivity index (χ0) is 16.3. The number of benzene rings is 1. The predicted octanol–water partition coefficient (Wildman–Crippen LogP) is 1.39. The lowest BCUT2D eigenvalue weighted by atomic mass is 10.0. The Kier molecular flexibility index (Phi) is 8.07. The quantitative estimate of drug-likeness (QED) is 0.676. The molecule has 0 radical (unpaired) electrons. The topological polar surface area (TPSA) is 53.6 Å². The molecule has 1 aliphatic heterocycles. The number of piperidine rings is 1. The summed E-state index contributed by atoms with van der Waals surface area (Å²) in [6.45, 7) is 4.81. The SMILES string of the molecule is COCCNCCNC(=O)C1CCCCN1Cc1ccccc1. The molecule has 0 bridgehead atoms. The lowest BCUT2D eigenvalue weighted by Gasteiger charge is -2.34. The fraction of sp³-hybridized carbons (Fsp3) is 0.611. The van der Waals surface area contributed by atoms with Crippen molar-refractivity contribution in [2.24, 2.45) is 0 Å². The Balaban J connectivity index is 1.77. The van der Waals surface area contributed by atoms with Gasteiger partial charge in [0.05, 0.1) is 12.6 Å². The molecule has 1 aliphatic rings. The summed E-state index contributed by atoms with van der Waals surface area (Å²) in [5, 5.41) is 6.30. The van der Waals surface area contributed by atoms with Gasteiger partial charge < -0.3 is 15.4 Å². The highest BCUT2D eigenvalue weighted by molar-refractivity contribution is 5.81. The smallest absolute Gasteiger partial charge is 0.237 e. The number of likely N-dealkylation sites (tertiary alicyclic amines) is 1. The van der Waals surface area contributed by atoms with E-state index >= 15 is 0 Å². The summed E-state index contributed by atoms with van der Waals surface area (Å²) in [6, 6.07) is 10.4. The van der Waals surface area contributed by atoms with E-state index in [-0.39, 0.29) is 11.9 Å². The van der Waals surface area contributed by atoms with Crippen LogP contribution < -0.4 is 10.6 Å². The second-order valence-electron chi connectivity index (χ2n) is 6.00. The molecule has 0 spiro atoms. The maximum Gasteiger partial charge on any atom is 0.237 e. The summed E-state index contributed by atoms with van der Waals surface area (Å²) in [7, 11) is 1.69. The molecule has 0 aromatic heterocycles. The first-order chi connectivity index (χ1) is 11.3. The van der Waals surface area contributed by atoms with Crippen molar-refractivity contribution in [3.8, 4) is 0 Å². The van der Waals surface area contributed by atoms with Gasteiger partial charge in [0.2, 0.25) is 5.91 Å². The van der Waals surface area contributed by atoms with Crippen molar-refractivity contribution in [1.29, 1.82) is 0 Å². The molecule has 1 aromatic rings. The average molecular weight is 319 g/mol. The number of methoxy groups -OCH3 is 1. The van der Waals surface area contributed by atoms with E-state index in [9.17, 15) is 4.79 Å². The van der Waals surface area contributed by atoms with E-state index in [2.05, 4.69) is 39.8 Å². The molecule has 1 fully saturated rings. The van der Waals surface area contributed by atoms with Crippen LogP contribution in [0.1, 0.15) is 24.8 Å². The first-order valence-corrected chi connectivity index (χ1v) is 8.56. The Bertz CT molecular complexity index is 453. The van der Waals surface area contributed by atoms with Crippen molar-refractivity contribution in [2.45, 2.75) is 31.8 Å². The second-order valence-corrected chi connectivity index (χ2v) is 6.00. The first kappa shape index (κ1) is 17.9. The van der Waals surface area contributed by atoms with Gasteiger partial charge in [-0.3, -0.25) is 9.69 Å². The number of nitrogens with one attached hydrogen (secondary N) is 2. The summed E-state index contributed by atoms with van der Waals surface area (Å²) in [6.07, 6.45) is 3.26. The minimum atomic E-state index is 0.00271. The highest BCUT2D eigenvalue weighted by Gasteiger charge is 2.28. The number of nitrogens with zero attached hydrogens (tertiary/aromatic N) is 1. The number of carbonyl (C=O) groups excluding carboxylic acids is 1. The molecule has 5 heteroatoms. The maximum atomic E-state index is 12.5. The molecule has 0 aliphatic carbocycles. The van der Waals surface area contributed by atoms with Crippen LogP contribution in [0, 0.1) is 0 Å². The monoisotopic (exact) mass is 319 g/mol. The normalized spacial score (nSPS) is 18.7. The van der Waals surface area contributed by atoms with Gasteiger partial charge in [-0.2, -0.15) is 0 Å². The molecule has 1 aromatic carbocycles. The summed E-state index contributed by atoms with van der Waals surface area (Å²) in [5.74, 6) is 0.161. The Morgan fingerprint density at radius 2 is 2.04 bits per heavy atom. The van der Waals surface area contributed by atoms with Gasteiger partial charge in [0.25, 0.3) is 0 Å². The zero-order valence-electron chi connectivity index (χ0n) is 14.1. The van der Waals surface area contributed by atoms with Gasteiger partial charge in [0.15, 0.2) is 0 Å². The first-order valence-electron chi connectivity index (χ1n) is 8.56. The Morgan fingerprint density at radius 1 is 1.22 bits per heavy atom. The van der Waals surface area contributed by atoms with Crippen LogP contribution in [0.25, 0.3) is 0 Å². The molecule has 5 nitrogen and oxygen atoms in total. The highest BCUT2D eigenvalue weighted by Crippen LogP contribution is 2.19. The zero-order valence-corrected chi connectivity index (χ0v) is 14.1. The van der Waals surface area contributed by atoms with Gasteiger partial charge in [-0.15, -0.1) is 0 Å². The van der Waals surface area contributed by atoms with E-state index in [1.807, 2.05) is 6.07 Å². The molecule has 1 unspecified atom stereocenters. The number of ether oxygens (including phenoxy) is 1. The van der Waals surface area contributed by atoms with Crippen molar-refractivity contribution in [3.05, 3.63) is 35.9 Å². The van der Waals surface area contributed by atoms with Crippen LogP contribution >= 0.6 is 0 Å². The van der Waals surface area contributed by atoms with E-state index in [1.54, 1.807) is 7.11 Å². The summed E-state index contributed by atoms with van der Waals surface area (Å²) < 4.78 is 4.98. The molecular formula is C18H29N3O2. The standard InChI is InChI=1S/C18H29N3O2/c1-23-14-12-19-10-11-20-18(22)17-9-5-6-13-21(17)15-16-7-3-2-4-8-16/h2-4,7-8,17,19H,5-6,9-15H2,1H3,(H,20,22). The maximum absolute atomic E-state index is 12.5. The lowest BCUT2D eigenvalue weighted by Crippen LogP contribution is -2.50. The molecule has 1 atom stereocenters. The molecule has 1 heterocycles. The number of hydrogen-bond donors (Lipinski definition) is 2. The Labute approximate surface area is 139 Å². The van der Waals surface area contributed by atoms with E-state index < -0.39 is 0 Å². The Hall–Kier alpha value is -1.43. The summed E-state index contributed by atoms with van der Waals surface area (Å²) >= 11 is 0. The fourth-order valence-electron chi connectivity index (χ4n) is 2.99. The van der Waals surface area contributed by atoms with Crippen LogP contribution in [0.2, 0.25) is 0 Å². The van der Waals surface area contributed by atoms with Crippen LogP contribution in [0.15, 0.2) is 30.3 Å². The number of rotatable bonds is 9.